The number of carbonyl (C=O) groups excluding carboxylic acids is 2. The van der Waals surface area contributed by atoms with E-state index in [-0.39, 0.29) is 24.5 Å². The lowest BCUT2D eigenvalue weighted by Crippen LogP contribution is -2.52. The number of hydrogen-bond acceptors (Lipinski definition) is 3. The molecule has 5 heteroatoms. The van der Waals surface area contributed by atoms with Crippen molar-refractivity contribution in [3.63, 3.8) is 0 Å². The van der Waals surface area contributed by atoms with Gasteiger partial charge in [0.15, 0.2) is 6.61 Å². The second-order valence-corrected chi connectivity index (χ2v) is 8.63. The van der Waals surface area contributed by atoms with Crippen LogP contribution in [-0.4, -0.2) is 41.9 Å². The average molecular weight is 437 g/mol. The van der Waals surface area contributed by atoms with E-state index in [0.717, 1.165) is 37.7 Å². The molecule has 0 heterocycles. The van der Waals surface area contributed by atoms with Crippen LogP contribution in [0.5, 0.6) is 5.75 Å². The summed E-state index contributed by atoms with van der Waals surface area (Å²) in [5.74, 6) is 0.412. The normalized spacial score (nSPS) is 15.1. The number of nitrogens with zero attached hydrogens (tertiary/aromatic N) is 1. The lowest BCUT2D eigenvalue weighted by molar-refractivity contribution is -0.141. The molecule has 0 aliphatic heterocycles. The van der Waals surface area contributed by atoms with Crippen molar-refractivity contribution >= 4 is 11.8 Å². The fraction of sp³-hybridized carbons (Fsp3) is 0.481. The first-order chi connectivity index (χ1) is 15.6. The van der Waals surface area contributed by atoms with Crippen LogP contribution >= 0.6 is 0 Å². The fourth-order valence-corrected chi connectivity index (χ4v) is 4.19. The van der Waals surface area contributed by atoms with Crippen LogP contribution in [0.3, 0.4) is 0 Å². The summed E-state index contributed by atoms with van der Waals surface area (Å²) in [6.07, 6.45) is 7.24. The van der Waals surface area contributed by atoms with E-state index in [1.165, 1.54) is 12.0 Å². The Morgan fingerprint density at radius 2 is 1.69 bits per heavy atom. The number of carbonyl (C=O) groups is 2. The second kappa shape index (κ2) is 12.3. The van der Waals surface area contributed by atoms with Gasteiger partial charge >= 0.3 is 0 Å². The van der Waals surface area contributed by atoms with E-state index in [9.17, 15) is 9.59 Å². The summed E-state index contributed by atoms with van der Waals surface area (Å²) in [6.45, 7) is 4.31. The predicted octanol–water partition coefficient (Wildman–Crippen LogP) is 4.54. The highest BCUT2D eigenvalue weighted by Gasteiger charge is 2.28. The molecule has 1 aliphatic carbocycles. The second-order valence-electron chi connectivity index (χ2n) is 8.63. The Bertz CT molecular complexity index is 845. The van der Waals surface area contributed by atoms with E-state index in [4.69, 9.17) is 4.74 Å². The first-order valence-electron chi connectivity index (χ1n) is 11.9. The average Bonchev–Trinajstić information content (AvgIpc) is 2.84. The van der Waals surface area contributed by atoms with Crippen molar-refractivity contribution in [1.29, 1.82) is 0 Å². The summed E-state index contributed by atoms with van der Waals surface area (Å²) >= 11 is 0. The molecule has 1 saturated carbocycles. The maximum absolute atomic E-state index is 13.1. The lowest BCUT2D eigenvalue weighted by Gasteiger charge is -2.31. The van der Waals surface area contributed by atoms with Crippen molar-refractivity contribution in [3.05, 3.63) is 65.7 Å². The molecule has 1 fully saturated rings. The Morgan fingerprint density at radius 3 is 2.34 bits per heavy atom. The SMILES string of the molecule is CCc1ccc(OCC(=O)N(CCc2ccccc2)[C@H](C)C(=O)NC2CCCCC2)cc1. The zero-order chi connectivity index (χ0) is 22.8. The Kier molecular flexibility index (Phi) is 9.14. The van der Waals surface area contributed by atoms with Gasteiger partial charge in [0.25, 0.3) is 5.91 Å². The summed E-state index contributed by atoms with van der Waals surface area (Å²) in [4.78, 5) is 27.7. The monoisotopic (exact) mass is 436 g/mol. The van der Waals surface area contributed by atoms with Crippen LogP contribution in [0.1, 0.15) is 57.1 Å². The molecule has 1 aliphatic rings. The molecule has 2 amide bonds. The number of aryl methyl sites for hydroxylation is 1. The molecular weight excluding hydrogens is 400 g/mol. The number of benzene rings is 2. The molecule has 0 saturated heterocycles. The molecule has 0 aromatic heterocycles. The molecule has 0 radical (unpaired) electrons. The van der Waals surface area contributed by atoms with Gasteiger partial charge in [0.05, 0.1) is 0 Å². The highest BCUT2D eigenvalue weighted by molar-refractivity contribution is 5.88. The predicted molar refractivity (Wildman–Crippen MR) is 128 cm³/mol. The molecule has 1 N–H and O–H groups in total. The third-order valence-electron chi connectivity index (χ3n) is 6.30. The van der Waals surface area contributed by atoms with Crippen LogP contribution in [0.25, 0.3) is 0 Å². The van der Waals surface area contributed by atoms with E-state index in [0.29, 0.717) is 18.7 Å². The third-order valence-corrected chi connectivity index (χ3v) is 6.30. The smallest absolute Gasteiger partial charge is 0.261 e. The van der Waals surface area contributed by atoms with Crippen LogP contribution in [0.2, 0.25) is 0 Å². The Hall–Kier alpha value is -2.82. The topological polar surface area (TPSA) is 58.6 Å². The Labute approximate surface area is 192 Å². The van der Waals surface area contributed by atoms with Crippen LogP contribution in [0, 0.1) is 0 Å². The first kappa shape index (κ1) is 23.8. The summed E-state index contributed by atoms with van der Waals surface area (Å²) in [5.41, 5.74) is 2.36. The van der Waals surface area contributed by atoms with E-state index in [1.54, 1.807) is 4.90 Å². The molecule has 5 nitrogen and oxygen atoms in total. The lowest BCUT2D eigenvalue weighted by atomic mass is 9.95. The van der Waals surface area contributed by atoms with Gasteiger partial charge in [-0.15, -0.1) is 0 Å². The zero-order valence-electron chi connectivity index (χ0n) is 19.4. The van der Waals surface area contributed by atoms with Gasteiger partial charge in [-0.2, -0.15) is 0 Å². The van der Waals surface area contributed by atoms with Gasteiger partial charge in [0.1, 0.15) is 11.8 Å². The summed E-state index contributed by atoms with van der Waals surface area (Å²) in [7, 11) is 0. The van der Waals surface area contributed by atoms with E-state index < -0.39 is 6.04 Å². The standard InChI is InChI=1S/C27H36N2O3/c1-3-22-14-16-25(17-15-22)32-20-26(30)29(19-18-23-10-6-4-7-11-23)21(2)27(31)28-24-12-8-5-9-13-24/h4,6-7,10-11,14-17,21,24H,3,5,8-9,12-13,18-20H2,1-2H3,(H,28,31)/t21-/m1/s1. The van der Waals surface area contributed by atoms with Crippen LogP contribution in [0.4, 0.5) is 0 Å². The van der Waals surface area contributed by atoms with Crippen molar-refractivity contribution in [3.8, 4) is 5.75 Å². The van der Waals surface area contributed by atoms with Crippen LogP contribution < -0.4 is 10.1 Å². The largest absolute Gasteiger partial charge is 0.484 e. The number of amides is 2. The Morgan fingerprint density at radius 1 is 1.00 bits per heavy atom. The maximum atomic E-state index is 13.1. The number of nitrogens with one attached hydrogen (secondary N) is 1. The Balaban J connectivity index is 1.63. The first-order valence-corrected chi connectivity index (χ1v) is 11.9. The van der Waals surface area contributed by atoms with Gasteiger partial charge < -0.3 is 15.0 Å². The van der Waals surface area contributed by atoms with E-state index >= 15 is 0 Å². The molecule has 3 rings (SSSR count). The van der Waals surface area contributed by atoms with E-state index in [2.05, 4.69) is 12.2 Å². The van der Waals surface area contributed by atoms with Gasteiger partial charge in [-0.3, -0.25) is 9.59 Å². The molecule has 0 bridgehead atoms. The summed E-state index contributed by atoms with van der Waals surface area (Å²) in [5, 5.41) is 3.16. The highest BCUT2D eigenvalue weighted by atomic mass is 16.5. The minimum Gasteiger partial charge on any atom is -0.484 e. The van der Waals surface area contributed by atoms with Crippen molar-refractivity contribution in [2.24, 2.45) is 0 Å². The number of ether oxygens (including phenoxy) is 1. The van der Waals surface area contributed by atoms with Crippen molar-refractivity contribution < 1.29 is 14.3 Å². The molecule has 0 unspecified atom stereocenters. The van der Waals surface area contributed by atoms with Gasteiger partial charge in [-0.25, -0.2) is 0 Å². The highest BCUT2D eigenvalue weighted by Crippen LogP contribution is 2.18. The van der Waals surface area contributed by atoms with Crippen LogP contribution in [-0.2, 0) is 22.4 Å². The van der Waals surface area contributed by atoms with Gasteiger partial charge in [-0.1, -0.05) is 68.7 Å². The maximum Gasteiger partial charge on any atom is 0.261 e. The third kappa shape index (κ3) is 7.11. The minimum atomic E-state index is -0.542. The fourth-order valence-electron chi connectivity index (χ4n) is 4.19. The minimum absolute atomic E-state index is 0.0781. The molecule has 32 heavy (non-hydrogen) atoms. The number of rotatable bonds is 10. The molecule has 0 spiro atoms. The van der Waals surface area contributed by atoms with Crippen molar-refractivity contribution in [1.82, 2.24) is 10.2 Å². The molecular formula is C27H36N2O3. The van der Waals surface area contributed by atoms with Crippen molar-refractivity contribution in [2.75, 3.05) is 13.2 Å². The molecule has 1 atom stereocenters. The van der Waals surface area contributed by atoms with Crippen molar-refractivity contribution in [2.45, 2.75) is 70.9 Å². The molecule has 2 aromatic rings. The van der Waals surface area contributed by atoms with Crippen LogP contribution in [0.15, 0.2) is 54.6 Å². The van der Waals surface area contributed by atoms with E-state index in [1.807, 2.05) is 61.5 Å². The molecule has 2 aromatic carbocycles. The quantitative estimate of drug-likeness (QED) is 0.595. The van der Waals surface area contributed by atoms with Gasteiger partial charge in [0.2, 0.25) is 5.91 Å². The van der Waals surface area contributed by atoms with Gasteiger partial charge in [-0.05, 0) is 55.9 Å². The summed E-state index contributed by atoms with van der Waals surface area (Å²) in [6, 6.07) is 17.5. The molecule has 172 valence electrons. The van der Waals surface area contributed by atoms with Gasteiger partial charge in [0, 0.05) is 12.6 Å². The zero-order valence-corrected chi connectivity index (χ0v) is 19.4. The number of hydrogen-bond donors (Lipinski definition) is 1. The summed E-state index contributed by atoms with van der Waals surface area (Å²) < 4.78 is 5.76.